The lowest BCUT2D eigenvalue weighted by Crippen LogP contribution is -2.46. The number of nitrogens with zero attached hydrogens (tertiary/aromatic N) is 1. The summed E-state index contributed by atoms with van der Waals surface area (Å²) in [6.07, 6.45) is 24.1. The molecule has 4 aliphatic carbocycles. The van der Waals surface area contributed by atoms with Gasteiger partial charge in [-0.2, -0.15) is 0 Å². The third-order valence-corrected chi connectivity index (χ3v) is 8.10. The van der Waals surface area contributed by atoms with Crippen molar-refractivity contribution in [3.8, 4) is 0 Å². The van der Waals surface area contributed by atoms with E-state index in [1.807, 2.05) is 0 Å². The molecule has 0 unspecified atom stereocenters. The lowest BCUT2D eigenvalue weighted by molar-refractivity contribution is -0.121. The van der Waals surface area contributed by atoms with Crippen molar-refractivity contribution in [2.24, 2.45) is 23.2 Å². The van der Waals surface area contributed by atoms with Gasteiger partial charge >= 0.3 is 0 Å². The average Bonchev–Trinajstić information content (AvgIpc) is 2.69. The number of hydrogen-bond acceptors (Lipinski definition) is 2. The van der Waals surface area contributed by atoms with Crippen LogP contribution in [0.5, 0.6) is 0 Å². The van der Waals surface area contributed by atoms with Crippen LogP contribution in [0, 0.1) is 23.2 Å². The molecular weight excluding hydrogens is 356 g/mol. The second-order valence-electron chi connectivity index (χ2n) is 10.7. The normalized spacial score (nSPS) is 32.5. The van der Waals surface area contributed by atoms with E-state index in [0.717, 1.165) is 61.9 Å². The number of allylic oxidation sites excluding steroid dienone is 2. The zero-order chi connectivity index (χ0) is 20.1. The minimum atomic E-state index is 0.213. The zero-order valence-electron chi connectivity index (χ0n) is 18.6. The van der Waals surface area contributed by atoms with Crippen LogP contribution in [0.25, 0.3) is 0 Å². The smallest absolute Gasteiger partial charge is 0.219 e. The van der Waals surface area contributed by atoms with Gasteiger partial charge in [0.2, 0.25) is 5.91 Å². The fraction of sp³-hybridized carbons (Fsp3) is 0.808. The molecule has 162 valence electrons. The first kappa shape index (κ1) is 21.0. The molecule has 5 aliphatic rings. The van der Waals surface area contributed by atoms with Crippen LogP contribution in [0.1, 0.15) is 90.4 Å². The molecule has 3 nitrogen and oxygen atoms in total. The maximum absolute atomic E-state index is 11.7. The first-order chi connectivity index (χ1) is 14.1. The van der Waals surface area contributed by atoms with Crippen molar-refractivity contribution >= 4 is 5.91 Å². The molecule has 1 amide bonds. The Morgan fingerprint density at radius 2 is 1.83 bits per heavy atom. The summed E-state index contributed by atoms with van der Waals surface area (Å²) in [5, 5.41) is 2.96. The van der Waals surface area contributed by atoms with Gasteiger partial charge < -0.3 is 10.2 Å². The summed E-state index contributed by atoms with van der Waals surface area (Å²) >= 11 is 0. The molecule has 0 saturated heterocycles. The molecule has 3 heteroatoms. The largest absolute Gasteiger partial charge is 0.374 e. The van der Waals surface area contributed by atoms with E-state index in [1.165, 1.54) is 25.0 Å². The maximum Gasteiger partial charge on any atom is 0.219 e. The number of carbonyl (C=O) groups excluding carboxylic acids is 1. The molecule has 0 aromatic heterocycles. The lowest BCUT2D eigenvalue weighted by Gasteiger charge is -2.57. The van der Waals surface area contributed by atoms with E-state index in [0.29, 0.717) is 6.42 Å². The van der Waals surface area contributed by atoms with Gasteiger partial charge in [0.15, 0.2) is 0 Å². The van der Waals surface area contributed by atoms with Crippen LogP contribution in [-0.4, -0.2) is 30.4 Å². The summed E-state index contributed by atoms with van der Waals surface area (Å²) in [5.74, 6) is 3.46. The van der Waals surface area contributed by atoms with Gasteiger partial charge in [-0.25, -0.2) is 0 Å². The number of rotatable bonds is 11. The fourth-order valence-corrected chi connectivity index (χ4v) is 7.14. The minimum absolute atomic E-state index is 0.213. The number of carbonyl (C=O) groups is 1. The van der Waals surface area contributed by atoms with Gasteiger partial charge in [0.25, 0.3) is 0 Å². The molecule has 0 aromatic carbocycles. The number of hydrogen-bond donors (Lipinski definition) is 1. The highest BCUT2D eigenvalue weighted by Gasteiger charge is 2.50. The van der Waals surface area contributed by atoms with Crippen LogP contribution in [0.4, 0.5) is 0 Å². The molecule has 0 radical (unpaired) electrons. The van der Waals surface area contributed by atoms with E-state index in [9.17, 15) is 4.79 Å². The third kappa shape index (κ3) is 5.67. The monoisotopic (exact) mass is 398 g/mol. The van der Waals surface area contributed by atoms with E-state index in [4.69, 9.17) is 0 Å². The molecule has 4 bridgehead atoms. The van der Waals surface area contributed by atoms with E-state index in [-0.39, 0.29) is 5.91 Å². The summed E-state index contributed by atoms with van der Waals surface area (Å²) < 4.78 is 0. The summed E-state index contributed by atoms with van der Waals surface area (Å²) in [5.41, 5.74) is 2.19. The van der Waals surface area contributed by atoms with Crippen molar-refractivity contribution < 1.29 is 4.79 Å². The van der Waals surface area contributed by atoms with Crippen molar-refractivity contribution in [1.29, 1.82) is 0 Å². The minimum Gasteiger partial charge on any atom is -0.374 e. The molecule has 0 spiro atoms. The Labute approximate surface area is 178 Å². The van der Waals surface area contributed by atoms with Gasteiger partial charge in [-0.3, -0.25) is 4.79 Å². The van der Waals surface area contributed by atoms with Gasteiger partial charge in [-0.15, -0.1) is 0 Å². The standard InChI is InChI=1S/C26H42N2O/c1-2-11-27-25(29)7-4-3-6-21-8-13-28(14-9-21)12-5-10-26-18-22-15-23(19-26)17-24(16-22)20-26/h8-9,13,22-24H,2-7,10-12,14-20H2,1H3,(H,27,29). The van der Waals surface area contributed by atoms with E-state index in [1.54, 1.807) is 38.5 Å². The maximum atomic E-state index is 11.7. The SMILES string of the molecule is CCCNC(=O)CCCCC1=CCN(CCCC23CC4CC(CC(C4)C2)C3)C=C1. The van der Waals surface area contributed by atoms with E-state index >= 15 is 0 Å². The van der Waals surface area contributed by atoms with Gasteiger partial charge in [0, 0.05) is 26.1 Å². The first-order valence-electron chi connectivity index (χ1n) is 12.5. The van der Waals surface area contributed by atoms with Gasteiger partial charge in [0.05, 0.1) is 0 Å². The van der Waals surface area contributed by atoms with Crippen molar-refractivity contribution in [2.75, 3.05) is 19.6 Å². The summed E-state index contributed by atoms with van der Waals surface area (Å²) in [6, 6.07) is 0. The Balaban J connectivity index is 1.10. The Kier molecular flexibility index (Phi) is 7.03. The van der Waals surface area contributed by atoms with Crippen LogP contribution in [0.3, 0.4) is 0 Å². The van der Waals surface area contributed by atoms with E-state index in [2.05, 4.69) is 35.5 Å². The molecule has 5 rings (SSSR count). The second-order valence-corrected chi connectivity index (χ2v) is 10.7. The van der Waals surface area contributed by atoms with Gasteiger partial charge in [-0.05, 0) is 118 Å². The van der Waals surface area contributed by atoms with E-state index < -0.39 is 0 Å². The highest BCUT2D eigenvalue weighted by atomic mass is 16.1. The second kappa shape index (κ2) is 9.71. The molecule has 0 aromatic rings. The van der Waals surface area contributed by atoms with Crippen LogP contribution >= 0.6 is 0 Å². The average molecular weight is 399 g/mol. The summed E-state index contributed by atoms with van der Waals surface area (Å²) in [4.78, 5) is 14.2. The fourth-order valence-electron chi connectivity index (χ4n) is 7.14. The summed E-state index contributed by atoms with van der Waals surface area (Å²) in [6.45, 7) is 5.20. The molecule has 1 heterocycles. The Bertz CT molecular complexity index is 585. The number of unbranched alkanes of at least 4 members (excludes halogenated alkanes) is 1. The summed E-state index contributed by atoms with van der Waals surface area (Å²) in [7, 11) is 0. The zero-order valence-corrected chi connectivity index (χ0v) is 18.6. The molecular formula is C26H42N2O. The van der Waals surface area contributed by atoms with Crippen molar-refractivity contribution in [3.05, 3.63) is 23.9 Å². The topological polar surface area (TPSA) is 32.3 Å². The molecule has 0 atom stereocenters. The Morgan fingerprint density at radius 3 is 2.45 bits per heavy atom. The molecule has 1 aliphatic heterocycles. The highest BCUT2D eigenvalue weighted by molar-refractivity contribution is 5.75. The van der Waals surface area contributed by atoms with Crippen molar-refractivity contribution in [1.82, 2.24) is 10.2 Å². The Hall–Kier alpha value is -1.25. The van der Waals surface area contributed by atoms with Crippen LogP contribution in [0.15, 0.2) is 23.9 Å². The highest BCUT2D eigenvalue weighted by Crippen LogP contribution is 2.61. The van der Waals surface area contributed by atoms with Crippen LogP contribution < -0.4 is 5.32 Å². The quantitative estimate of drug-likeness (QED) is 0.444. The van der Waals surface area contributed by atoms with Gasteiger partial charge in [0.1, 0.15) is 0 Å². The molecule has 29 heavy (non-hydrogen) atoms. The molecule has 4 saturated carbocycles. The third-order valence-electron chi connectivity index (χ3n) is 8.10. The van der Waals surface area contributed by atoms with Crippen molar-refractivity contribution in [3.63, 3.8) is 0 Å². The predicted molar refractivity (Wildman–Crippen MR) is 120 cm³/mol. The van der Waals surface area contributed by atoms with Gasteiger partial charge in [-0.1, -0.05) is 13.0 Å². The van der Waals surface area contributed by atoms with Crippen LogP contribution in [-0.2, 0) is 4.79 Å². The van der Waals surface area contributed by atoms with Crippen LogP contribution in [0.2, 0.25) is 0 Å². The first-order valence-corrected chi connectivity index (χ1v) is 12.5. The number of nitrogens with one attached hydrogen (secondary N) is 1. The lowest BCUT2D eigenvalue weighted by atomic mass is 9.48. The number of amides is 1. The Morgan fingerprint density at radius 1 is 1.10 bits per heavy atom. The van der Waals surface area contributed by atoms with Crippen molar-refractivity contribution in [2.45, 2.75) is 90.4 Å². The molecule has 1 N–H and O–H groups in total. The predicted octanol–water partition coefficient (Wildman–Crippen LogP) is 5.83. The molecule has 4 fully saturated rings.